The van der Waals surface area contributed by atoms with Gasteiger partial charge in [0.15, 0.2) is 0 Å². The summed E-state index contributed by atoms with van der Waals surface area (Å²) in [6, 6.07) is 9.82. The molecule has 0 bridgehead atoms. The van der Waals surface area contributed by atoms with Gasteiger partial charge in [-0.2, -0.15) is 0 Å². The Bertz CT molecular complexity index is 373. The van der Waals surface area contributed by atoms with Gasteiger partial charge in [0.2, 0.25) is 0 Å². The molecule has 0 N–H and O–H groups in total. The smallest absolute Gasteiger partial charge is 0.126 e. The van der Waals surface area contributed by atoms with E-state index in [1.165, 1.54) is 19.3 Å². The fourth-order valence-corrected chi connectivity index (χ4v) is 3.02. The molecule has 1 heterocycles. The van der Waals surface area contributed by atoms with Crippen molar-refractivity contribution < 1.29 is 4.74 Å². The highest BCUT2D eigenvalue weighted by molar-refractivity contribution is 5.19. The maximum absolute atomic E-state index is 12.0. The van der Waals surface area contributed by atoms with Gasteiger partial charge in [-0.25, -0.2) is 0 Å². The first-order valence-corrected chi connectivity index (χ1v) is 6.46. The van der Waals surface area contributed by atoms with E-state index in [2.05, 4.69) is 0 Å². The van der Waals surface area contributed by atoms with Crippen LogP contribution in [0.15, 0.2) is 30.3 Å². The number of hydroxylamine groups is 2. The third-order valence-corrected chi connectivity index (χ3v) is 3.92. The summed E-state index contributed by atoms with van der Waals surface area (Å²) >= 11 is 0. The zero-order chi connectivity index (χ0) is 11.7. The molecule has 2 aliphatic rings. The minimum atomic E-state index is -0.394. The standard InChI is InChI=1S/C14H18NO2/c16-15-11-14(9-5-2-6-10-14)17-13(15)12-7-3-1-4-8-12/h1,3-4,7-8,13H,2,5-6,9-11H2/q-1. The Morgan fingerprint density at radius 1 is 1.12 bits per heavy atom. The molecule has 1 saturated heterocycles. The molecule has 1 aromatic carbocycles. The van der Waals surface area contributed by atoms with Gasteiger partial charge in [0.1, 0.15) is 6.23 Å². The molecule has 3 heteroatoms. The SMILES string of the molecule is [O-]N1CC2(CCCCC2)OC1c1ccccc1. The minimum absolute atomic E-state index is 0.166. The molecule has 3 rings (SSSR count). The lowest BCUT2D eigenvalue weighted by Gasteiger charge is -2.32. The normalized spacial score (nSPS) is 28.6. The second-order valence-corrected chi connectivity index (χ2v) is 5.20. The van der Waals surface area contributed by atoms with Crippen LogP contribution in [-0.2, 0) is 4.74 Å². The van der Waals surface area contributed by atoms with Crippen LogP contribution in [0.25, 0.3) is 0 Å². The van der Waals surface area contributed by atoms with Crippen molar-refractivity contribution in [2.24, 2.45) is 0 Å². The van der Waals surface area contributed by atoms with Crippen molar-refractivity contribution in [3.05, 3.63) is 41.1 Å². The first-order chi connectivity index (χ1) is 8.29. The lowest BCUT2D eigenvalue weighted by molar-refractivity contribution is -0.0718. The van der Waals surface area contributed by atoms with Crippen molar-refractivity contribution in [2.45, 2.75) is 43.9 Å². The molecule has 1 unspecified atom stereocenters. The molecule has 1 aromatic rings. The van der Waals surface area contributed by atoms with E-state index in [0.717, 1.165) is 23.5 Å². The fourth-order valence-electron chi connectivity index (χ4n) is 3.02. The number of ether oxygens (including phenoxy) is 1. The molecule has 2 fully saturated rings. The van der Waals surface area contributed by atoms with E-state index in [1.54, 1.807) is 0 Å². The van der Waals surface area contributed by atoms with Crippen LogP contribution < -0.4 is 0 Å². The van der Waals surface area contributed by atoms with Gasteiger partial charge < -0.3 is 15.0 Å². The van der Waals surface area contributed by atoms with Crippen LogP contribution in [0.1, 0.15) is 43.9 Å². The van der Waals surface area contributed by atoms with E-state index in [4.69, 9.17) is 4.74 Å². The Labute approximate surface area is 102 Å². The third-order valence-electron chi connectivity index (χ3n) is 3.92. The van der Waals surface area contributed by atoms with Gasteiger partial charge in [0.05, 0.1) is 5.60 Å². The summed E-state index contributed by atoms with van der Waals surface area (Å²) in [5, 5.41) is 13.2. The Balaban J connectivity index is 1.80. The Morgan fingerprint density at radius 2 is 1.82 bits per heavy atom. The van der Waals surface area contributed by atoms with Crippen molar-refractivity contribution in [2.75, 3.05) is 6.54 Å². The van der Waals surface area contributed by atoms with Crippen molar-refractivity contribution in [1.29, 1.82) is 0 Å². The van der Waals surface area contributed by atoms with E-state index in [1.807, 2.05) is 30.3 Å². The van der Waals surface area contributed by atoms with Gasteiger partial charge in [0.25, 0.3) is 0 Å². The highest BCUT2D eigenvalue weighted by Crippen LogP contribution is 2.43. The summed E-state index contributed by atoms with van der Waals surface area (Å²) in [5.41, 5.74) is 0.811. The van der Waals surface area contributed by atoms with E-state index in [-0.39, 0.29) is 5.60 Å². The van der Waals surface area contributed by atoms with E-state index in [9.17, 15) is 5.21 Å². The van der Waals surface area contributed by atoms with Crippen LogP contribution in [-0.4, -0.2) is 17.2 Å². The first-order valence-electron chi connectivity index (χ1n) is 6.46. The van der Waals surface area contributed by atoms with Gasteiger partial charge >= 0.3 is 0 Å². The average Bonchev–Trinajstić information content (AvgIpc) is 2.68. The molecule has 3 nitrogen and oxygen atoms in total. The summed E-state index contributed by atoms with van der Waals surface area (Å²) in [4.78, 5) is 0. The molecular formula is C14H18NO2-. The van der Waals surface area contributed by atoms with Crippen molar-refractivity contribution in [3.63, 3.8) is 0 Å². The molecule has 92 valence electrons. The van der Waals surface area contributed by atoms with Crippen LogP contribution >= 0.6 is 0 Å². The van der Waals surface area contributed by atoms with E-state index in [0.29, 0.717) is 6.54 Å². The van der Waals surface area contributed by atoms with Crippen LogP contribution in [0.5, 0.6) is 0 Å². The van der Waals surface area contributed by atoms with Crippen LogP contribution in [0.4, 0.5) is 0 Å². The number of nitrogens with zero attached hydrogens (tertiary/aromatic N) is 1. The molecular weight excluding hydrogens is 214 g/mol. The van der Waals surface area contributed by atoms with Gasteiger partial charge in [-0.1, -0.05) is 49.6 Å². The van der Waals surface area contributed by atoms with Crippen LogP contribution in [0, 0.1) is 5.21 Å². The van der Waals surface area contributed by atoms with Gasteiger partial charge in [-0.3, -0.25) is 0 Å². The van der Waals surface area contributed by atoms with Crippen LogP contribution in [0.3, 0.4) is 0 Å². The molecule has 0 radical (unpaired) electrons. The van der Waals surface area contributed by atoms with E-state index >= 15 is 0 Å². The molecule has 1 aliphatic heterocycles. The summed E-state index contributed by atoms with van der Waals surface area (Å²) in [7, 11) is 0. The monoisotopic (exact) mass is 232 g/mol. The largest absolute Gasteiger partial charge is 0.783 e. The first kappa shape index (κ1) is 11.2. The van der Waals surface area contributed by atoms with Crippen molar-refractivity contribution in [1.82, 2.24) is 5.06 Å². The predicted octanol–water partition coefficient (Wildman–Crippen LogP) is 3.22. The van der Waals surface area contributed by atoms with Gasteiger partial charge in [0, 0.05) is 6.54 Å². The highest BCUT2D eigenvalue weighted by atomic mass is 16.6. The Morgan fingerprint density at radius 3 is 2.53 bits per heavy atom. The van der Waals surface area contributed by atoms with Gasteiger partial charge in [-0.05, 0) is 18.4 Å². The fraction of sp³-hybridized carbons (Fsp3) is 0.571. The third kappa shape index (κ3) is 2.10. The molecule has 0 amide bonds. The molecule has 1 spiro atoms. The maximum atomic E-state index is 12.0. The van der Waals surface area contributed by atoms with E-state index < -0.39 is 6.23 Å². The predicted molar refractivity (Wildman–Crippen MR) is 66.2 cm³/mol. The zero-order valence-electron chi connectivity index (χ0n) is 9.97. The van der Waals surface area contributed by atoms with Crippen LogP contribution in [0.2, 0.25) is 0 Å². The molecule has 1 atom stereocenters. The lowest BCUT2D eigenvalue weighted by atomic mass is 9.85. The topological polar surface area (TPSA) is 35.5 Å². The number of benzene rings is 1. The zero-order valence-corrected chi connectivity index (χ0v) is 9.97. The number of rotatable bonds is 1. The Hall–Kier alpha value is -0.900. The second kappa shape index (κ2) is 4.41. The summed E-state index contributed by atoms with van der Waals surface area (Å²) in [5.74, 6) is 0. The number of hydrogen-bond acceptors (Lipinski definition) is 3. The summed E-state index contributed by atoms with van der Waals surface area (Å²) in [6.45, 7) is 0.534. The maximum Gasteiger partial charge on any atom is 0.126 e. The molecule has 1 saturated carbocycles. The second-order valence-electron chi connectivity index (χ2n) is 5.20. The number of hydrogen-bond donors (Lipinski definition) is 0. The molecule has 1 aliphatic carbocycles. The highest BCUT2D eigenvalue weighted by Gasteiger charge is 2.42. The van der Waals surface area contributed by atoms with Crippen molar-refractivity contribution in [3.8, 4) is 0 Å². The van der Waals surface area contributed by atoms with Crippen molar-refractivity contribution >= 4 is 0 Å². The summed E-state index contributed by atoms with van der Waals surface area (Å²) < 4.78 is 6.10. The lowest BCUT2D eigenvalue weighted by Crippen LogP contribution is -2.35. The average molecular weight is 232 g/mol. The molecule has 0 aromatic heterocycles. The quantitative estimate of drug-likeness (QED) is 0.745. The Kier molecular flexibility index (Phi) is 2.90. The molecule has 17 heavy (non-hydrogen) atoms. The summed E-state index contributed by atoms with van der Waals surface area (Å²) in [6.07, 6.45) is 5.34. The minimum Gasteiger partial charge on any atom is -0.783 e. The van der Waals surface area contributed by atoms with Gasteiger partial charge in [-0.15, -0.1) is 0 Å².